The second kappa shape index (κ2) is 8.53. The van der Waals surface area contributed by atoms with Gasteiger partial charge in [0.25, 0.3) is 0 Å². The number of anilines is 2. The maximum Gasteiger partial charge on any atom is 0.179 e. The lowest BCUT2D eigenvalue weighted by Crippen LogP contribution is -2.46. The second-order valence-electron chi connectivity index (χ2n) is 9.09. The highest BCUT2D eigenvalue weighted by Crippen LogP contribution is 2.48. The molecule has 0 saturated carbocycles. The summed E-state index contributed by atoms with van der Waals surface area (Å²) in [5.41, 5.74) is 6.08. The van der Waals surface area contributed by atoms with Gasteiger partial charge in [-0.2, -0.15) is 9.78 Å². The molecule has 0 fully saturated rings. The number of amidine groups is 2. The van der Waals surface area contributed by atoms with Crippen molar-refractivity contribution in [3.63, 3.8) is 0 Å². The predicted octanol–water partition coefficient (Wildman–Crippen LogP) is 6.74. The maximum absolute atomic E-state index is 5.23. The van der Waals surface area contributed by atoms with Crippen molar-refractivity contribution in [2.45, 2.75) is 19.9 Å². The van der Waals surface area contributed by atoms with Gasteiger partial charge in [-0.05, 0) is 61.7 Å². The van der Waals surface area contributed by atoms with Crippen LogP contribution in [0.15, 0.2) is 100 Å². The van der Waals surface area contributed by atoms with Crippen molar-refractivity contribution in [1.82, 2.24) is 14.8 Å². The lowest BCUT2D eigenvalue weighted by atomic mass is 9.98. The monoisotopic (exact) mass is 501 g/mol. The number of nitrogens with zero attached hydrogens (tertiary/aromatic N) is 6. The van der Waals surface area contributed by atoms with Gasteiger partial charge in [0.1, 0.15) is 6.04 Å². The number of para-hydroxylation sites is 2. The maximum atomic E-state index is 5.23. The molecule has 2 aromatic carbocycles. The van der Waals surface area contributed by atoms with Crippen LogP contribution in [-0.2, 0) is 0 Å². The van der Waals surface area contributed by atoms with Gasteiger partial charge in [0.05, 0.1) is 17.1 Å². The molecule has 2 aliphatic heterocycles. The van der Waals surface area contributed by atoms with Crippen LogP contribution in [0.2, 0.25) is 0 Å². The summed E-state index contributed by atoms with van der Waals surface area (Å²) in [6, 6.07) is 26.5. The number of aromatic nitrogens is 3. The van der Waals surface area contributed by atoms with Crippen molar-refractivity contribution in [1.29, 1.82) is 0 Å². The molecule has 7 rings (SSSR count). The van der Waals surface area contributed by atoms with E-state index in [2.05, 4.69) is 83.0 Å². The molecule has 5 heterocycles. The standard InChI is InChI=1S/C29H23N7S/c1-18-12-14-20(15-13-18)31-27-29-33-28-25(19(2)34-36(28)24-11-5-6-16-30-24)26(23-10-7-17-37-23)35(29)22-9-4-3-8-21(22)32-27/h3-17,26H,1-2H3,(H,31,32)/t26-/m1/s1. The fraction of sp³-hybridized carbons (Fsp3) is 0.103. The minimum atomic E-state index is -0.105. The van der Waals surface area contributed by atoms with Gasteiger partial charge in [-0.3, -0.25) is 0 Å². The van der Waals surface area contributed by atoms with Crippen LogP contribution in [0.1, 0.15) is 27.7 Å². The van der Waals surface area contributed by atoms with Gasteiger partial charge in [0, 0.05) is 22.3 Å². The third-order valence-electron chi connectivity index (χ3n) is 6.63. The van der Waals surface area contributed by atoms with Gasteiger partial charge < -0.3 is 10.2 Å². The van der Waals surface area contributed by atoms with Gasteiger partial charge in [0.2, 0.25) is 0 Å². The molecule has 0 amide bonds. The molecule has 0 unspecified atom stereocenters. The zero-order chi connectivity index (χ0) is 24.9. The van der Waals surface area contributed by atoms with E-state index in [1.165, 1.54) is 10.4 Å². The largest absolute Gasteiger partial charge is 0.337 e. The highest BCUT2D eigenvalue weighted by molar-refractivity contribution is 7.10. The van der Waals surface area contributed by atoms with Gasteiger partial charge in [-0.25, -0.2) is 15.0 Å². The number of pyridine rings is 1. The Labute approximate surface area is 218 Å². The summed E-state index contributed by atoms with van der Waals surface area (Å²) >= 11 is 1.73. The van der Waals surface area contributed by atoms with E-state index in [4.69, 9.17) is 15.1 Å². The normalized spacial score (nSPS) is 15.8. The molecule has 8 heteroatoms. The molecule has 5 aromatic rings. The van der Waals surface area contributed by atoms with E-state index < -0.39 is 0 Å². The summed E-state index contributed by atoms with van der Waals surface area (Å²) < 4.78 is 1.85. The Bertz CT molecular complexity index is 1670. The SMILES string of the molecule is Cc1ccc(NC2=Nc3ccccc3N3C2=Nc2c(c(C)nn2-c2ccccn2)[C@H]3c2cccs2)cc1. The van der Waals surface area contributed by atoms with Crippen LogP contribution in [0, 0.1) is 13.8 Å². The van der Waals surface area contributed by atoms with E-state index >= 15 is 0 Å². The van der Waals surface area contributed by atoms with E-state index in [0.29, 0.717) is 5.84 Å². The quantitative estimate of drug-likeness (QED) is 0.297. The molecule has 7 nitrogen and oxygen atoms in total. The summed E-state index contributed by atoms with van der Waals surface area (Å²) in [6.45, 7) is 4.13. The third-order valence-corrected chi connectivity index (χ3v) is 7.56. The van der Waals surface area contributed by atoms with Crippen molar-refractivity contribution in [3.05, 3.63) is 112 Å². The zero-order valence-corrected chi connectivity index (χ0v) is 21.1. The molecule has 0 bridgehead atoms. The molecular formula is C29H23N7S. The zero-order valence-electron chi connectivity index (χ0n) is 20.3. The summed E-state index contributed by atoms with van der Waals surface area (Å²) in [6.07, 6.45) is 1.78. The van der Waals surface area contributed by atoms with E-state index in [9.17, 15) is 0 Å². The summed E-state index contributed by atoms with van der Waals surface area (Å²) in [7, 11) is 0. The average Bonchev–Trinajstić information content (AvgIpc) is 3.58. The van der Waals surface area contributed by atoms with Crippen molar-refractivity contribution in [2.24, 2.45) is 9.98 Å². The third kappa shape index (κ3) is 3.56. The summed E-state index contributed by atoms with van der Waals surface area (Å²) in [4.78, 5) is 18.3. The molecule has 37 heavy (non-hydrogen) atoms. The molecular weight excluding hydrogens is 478 g/mol. The van der Waals surface area contributed by atoms with Crippen LogP contribution in [0.5, 0.6) is 0 Å². The lowest BCUT2D eigenvalue weighted by Gasteiger charge is -2.40. The molecule has 2 aliphatic rings. The van der Waals surface area contributed by atoms with Crippen LogP contribution in [0.3, 0.4) is 0 Å². The number of aryl methyl sites for hydroxylation is 2. The number of hydrogen-bond donors (Lipinski definition) is 1. The Morgan fingerprint density at radius 2 is 1.70 bits per heavy atom. The fourth-order valence-corrected chi connectivity index (χ4v) is 5.75. The molecule has 3 aromatic heterocycles. The van der Waals surface area contributed by atoms with Gasteiger partial charge >= 0.3 is 0 Å². The molecule has 0 aliphatic carbocycles. The molecule has 0 saturated heterocycles. The number of fused-ring (bicyclic) bond motifs is 4. The minimum absolute atomic E-state index is 0.105. The first-order valence-electron chi connectivity index (χ1n) is 12.1. The number of rotatable bonds is 3. The fourth-order valence-electron chi connectivity index (χ4n) is 4.93. The first-order valence-corrected chi connectivity index (χ1v) is 13.0. The Morgan fingerprint density at radius 3 is 2.49 bits per heavy atom. The van der Waals surface area contributed by atoms with Crippen molar-refractivity contribution in [2.75, 3.05) is 10.2 Å². The number of benzene rings is 2. The Hall–Kier alpha value is -4.56. The van der Waals surface area contributed by atoms with E-state index in [-0.39, 0.29) is 6.04 Å². The average molecular weight is 502 g/mol. The van der Waals surface area contributed by atoms with Crippen LogP contribution in [-0.4, -0.2) is 26.4 Å². The minimum Gasteiger partial charge on any atom is -0.337 e. The number of nitrogens with one attached hydrogen (secondary N) is 1. The first kappa shape index (κ1) is 21.7. The lowest BCUT2D eigenvalue weighted by molar-refractivity contribution is 0.820. The smallest absolute Gasteiger partial charge is 0.179 e. The van der Waals surface area contributed by atoms with Crippen molar-refractivity contribution < 1.29 is 0 Å². The van der Waals surface area contributed by atoms with Crippen LogP contribution in [0.4, 0.5) is 22.9 Å². The van der Waals surface area contributed by atoms with E-state index in [1.54, 1.807) is 17.5 Å². The van der Waals surface area contributed by atoms with E-state index in [1.807, 2.05) is 35.0 Å². The predicted molar refractivity (Wildman–Crippen MR) is 150 cm³/mol. The van der Waals surface area contributed by atoms with Gasteiger partial charge in [0.15, 0.2) is 23.3 Å². The molecule has 1 N–H and O–H groups in total. The van der Waals surface area contributed by atoms with Gasteiger partial charge in [-0.15, -0.1) is 11.3 Å². The van der Waals surface area contributed by atoms with Crippen LogP contribution in [0.25, 0.3) is 5.82 Å². The number of hydrogen-bond acceptors (Lipinski definition) is 7. The number of aliphatic imine (C=N–C) groups is 2. The molecule has 0 spiro atoms. The molecule has 180 valence electrons. The van der Waals surface area contributed by atoms with Crippen LogP contribution >= 0.6 is 11.3 Å². The second-order valence-corrected chi connectivity index (χ2v) is 10.1. The van der Waals surface area contributed by atoms with Crippen molar-refractivity contribution in [3.8, 4) is 5.82 Å². The molecule has 1 atom stereocenters. The Morgan fingerprint density at radius 1 is 0.865 bits per heavy atom. The highest BCUT2D eigenvalue weighted by atomic mass is 32.1. The summed E-state index contributed by atoms with van der Waals surface area (Å²) in [5.74, 6) is 2.96. The number of thiophene rings is 1. The highest BCUT2D eigenvalue weighted by Gasteiger charge is 2.41. The molecule has 0 radical (unpaired) electrons. The first-order chi connectivity index (χ1) is 18.2. The van der Waals surface area contributed by atoms with Crippen molar-refractivity contribution >= 4 is 45.9 Å². The van der Waals surface area contributed by atoms with E-state index in [0.717, 1.165) is 45.8 Å². The van der Waals surface area contributed by atoms with Crippen LogP contribution < -0.4 is 10.2 Å². The Balaban J connectivity index is 1.49. The Kier molecular flexibility index (Phi) is 5.00. The summed E-state index contributed by atoms with van der Waals surface area (Å²) in [5, 5.41) is 10.6. The topological polar surface area (TPSA) is 70.7 Å². The van der Waals surface area contributed by atoms with Gasteiger partial charge in [-0.1, -0.05) is 42.0 Å².